The third-order valence-electron chi connectivity index (χ3n) is 3.01. The molecule has 0 fully saturated rings. The van der Waals surface area contributed by atoms with Gasteiger partial charge in [-0.25, -0.2) is 0 Å². The Hall–Kier alpha value is -1.94. The normalized spacial score (nSPS) is 14.0. The molecule has 0 aliphatic carbocycles. The molecule has 4 nitrogen and oxygen atoms in total. The molecule has 0 saturated heterocycles. The van der Waals surface area contributed by atoms with Gasteiger partial charge >= 0.3 is 0 Å². The number of hydrogen-bond donors (Lipinski definition) is 1. The van der Waals surface area contributed by atoms with E-state index in [0.717, 1.165) is 16.8 Å². The molecule has 1 unspecified atom stereocenters. The number of aliphatic hydroxyl groups is 1. The predicted molar refractivity (Wildman–Crippen MR) is 92.2 cm³/mol. The van der Waals surface area contributed by atoms with Gasteiger partial charge in [-0.15, -0.1) is 30.3 Å². The third kappa shape index (κ3) is 6.28. The smallest absolute Gasteiger partial charge is 0.173 e. The topological polar surface area (TPSA) is 64.7 Å². The van der Waals surface area contributed by atoms with Crippen LogP contribution in [0, 0.1) is 6.07 Å². The van der Waals surface area contributed by atoms with E-state index in [1.54, 1.807) is 13.8 Å². The van der Waals surface area contributed by atoms with Crippen LogP contribution in [-0.4, -0.2) is 22.2 Å². The number of ether oxygens (including phenoxy) is 1. The second kappa shape index (κ2) is 10.0. The Labute approximate surface area is 155 Å². The van der Waals surface area contributed by atoms with Crippen LogP contribution in [0.3, 0.4) is 0 Å². The van der Waals surface area contributed by atoms with Crippen molar-refractivity contribution in [3.05, 3.63) is 77.6 Å². The minimum Gasteiger partial charge on any atom is -0.515 e. The molecule has 0 bridgehead atoms. The van der Waals surface area contributed by atoms with Crippen LogP contribution in [-0.2, 0) is 31.4 Å². The molecule has 1 heterocycles. The number of benzene rings is 2. The molecule has 0 amide bonds. The van der Waals surface area contributed by atoms with Gasteiger partial charge in [0, 0.05) is 38.7 Å². The van der Waals surface area contributed by atoms with Crippen LogP contribution in [0.5, 0.6) is 0 Å². The van der Waals surface area contributed by atoms with E-state index in [1.807, 2.05) is 48.5 Å². The fourth-order valence-electron chi connectivity index (χ4n) is 2.06. The van der Waals surface area contributed by atoms with Gasteiger partial charge in [-0.3, -0.25) is 4.99 Å². The van der Waals surface area contributed by atoms with Gasteiger partial charge < -0.3 is 14.9 Å². The molecule has 2 aromatic carbocycles. The van der Waals surface area contributed by atoms with Crippen LogP contribution in [0.15, 0.2) is 65.4 Å². The van der Waals surface area contributed by atoms with Crippen LogP contribution < -0.4 is 0 Å². The average molecular weight is 504 g/mol. The average Bonchev–Trinajstić information content (AvgIpc) is 2.54. The van der Waals surface area contributed by atoms with Crippen molar-refractivity contribution in [2.75, 3.05) is 0 Å². The second-order valence-electron chi connectivity index (χ2n) is 5.21. The third-order valence-corrected chi connectivity index (χ3v) is 3.01. The van der Waals surface area contributed by atoms with Gasteiger partial charge in [0.1, 0.15) is 12.5 Å². The van der Waals surface area contributed by atoms with E-state index in [1.165, 1.54) is 6.08 Å². The zero-order valence-electron chi connectivity index (χ0n) is 13.6. The van der Waals surface area contributed by atoms with Crippen LogP contribution in [0.2, 0.25) is 0 Å². The summed E-state index contributed by atoms with van der Waals surface area (Å²) < 4.78 is 5.61. The first-order valence-electron chi connectivity index (χ1n) is 7.41. The van der Waals surface area contributed by atoms with Crippen molar-refractivity contribution >= 4 is 11.6 Å². The van der Waals surface area contributed by atoms with Gasteiger partial charge in [0.05, 0.1) is 11.4 Å². The van der Waals surface area contributed by atoms with E-state index < -0.39 is 0 Å². The predicted octanol–water partition coefficient (Wildman–Crippen LogP) is 3.65. The van der Waals surface area contributed by atoms with E-state index in [-0.39, 0.29) is 32.0 Å². The number of para-hydroxylation sites is 1. The Morgan fingerprint density at radius 1 is 1.29 bits per heavy atom. The molecule has 129 valence electrons. The van der Waals surface area contributed by atoms with Crippen LogP contribution in [0.25, 0.3) is 0 Å². The van der Waals surface area contributed by atoms with Gasteiger partial charge in [-0.1, -0.05) is 23.8 Å². The monoisotopic (exact) mass is 504 g/mol. The molecule has 2 aromatic rings. The van der Waals surface area contributed by atoms with E-state index in [4.69, 9.17) is 14.9 Å². The maximum Gasteiger partial charge on any atom is 0.173 e. The Bertz CT molecular complexity index is 693. The number of aliphatic imine (C=N–C) groups is 1. The molecular formula is C19H21IrNO3. The molecule has 5 heteroatoms. The van der Waals surface area contributed by atoms with Crippen molar-refractivity contribution in [1.82, 2.24) is 0 Å². The molecular weight excluding hydrogens is 482 g/mol. The largest absolute Gasteiger partial charge is 0.515 e. The van der Waals surface area contributed by atoms with E-state index in [0.29, 0.717) is 12.5 Å². The first-order valence-corrected chi connectivity index (χ1v) is 7.41. The molecule has 1 aliphatic rings. The SMILES string of the molecule is C/C(O)=C/C(C)[OH2+].[Ir].[c-]1ccccc1C1=Nc2ccccc2CO1. The molecule has 3 rings (SSSR count). The molecule has 0 saturated carbocycles. The number of rotatable bonds is 2. The van der Waals surface area contributed by atoms with Crippen molar-refractivity contribution in [1.29, 1.82) is 0 Å². The first-order chi connectivity index (χ1) is 11.1. The van der Waals surface area contributed by atoms with Gasteiger partial charge in [-0.05, 0) is 13.0 Å². The van der Waals surface area contributed by atoms with Crippen LogP contribution in [0.4, 0.5) is 5.69 Å². The Kier molecular flexibility index (Phi) is 8.41. The number of nitrogens with zero attached hydrogens (tertiary/aromatic N) is 1. The van der Waals surface area contributed by atoms with Gasteiger partial charge in [0.25, 0.3) is 0 Å². The maximum atomic E-state index is 8.46. The van der Waals surface area contributed by atoms with Crippen LogP contribution >= 0.6 is 0 Å². The zero-order chi connectivity index (χ0) is 16.7. The van der Waals surface area contributed by atoms with Crippen LogP contribution in [0.1, 0.15) is 25.0 Å². The minimum absolute atomic E-state index is 0. The van der Waals surface area contributed by atoms with E-state index in [2.05, 4.69) is 11.1 Å². The summed E-state index contributed by atoms with van der Waals surface area (Å²) in [6.07, 6.45) is 1.19. The summed E-state index contributed by atoms with van der Waals surface area (Å²) in [5.74, 6) is 0.877. The molecule has 3 N–H and O–H groups in total. The maximum absolute atomic E-state index is 8.46. The van der Waals surface area contributed by atoms with Crippen molar-refractivity contribution in [2.45, 2.75) is 26.6 Å². The van der Waals surface area contributed by atoms with Gasteiger partial charge in [0.2, 0.25) is 0 Å². The van der Waals surface area contributed by atoms with Gasteiger partial charge in [0.15, 0.2) is 6.10 Å². The molecule has 1 aliphatic heterocycles. The van der Waals surface area contributed by atoms with Crippen molar-refractivity contribution in [2.24, 2.45) is 4.99 Å². The summed E-state index contributed by atoms with van der Waals surface area (Å²) in [6.45, 7) is 3.84. The van der Waals surface area contributed by atoms with Crippen molar-refractivity contribution in [3.63, 3.8) is 0 Å². The Morgan fingerprint density at radius 2 is 2.00 bits per heavy atom. The minimum atomic E-state index is -0.287. The zero-order valence-corrected chi connectivity index (χ0v) is 16.0. The fraction of sp³-hybridized carbons (Fsp3) is 0.211. The summed E-state index contributed by atoms with van der Waals surface area (Å²) in [4.78, 5) is 4.48. The molecule has 24 heavy (non-hydrogen) atoms. The first kappa shape index (κ1) is 20.1. The Balaban J connectivity index is 0.000000312. The van der Waals surface area contributed by atoms with Crippen molar-refractivity contribution in [3.8, 4) is 0 Å². The number of fused-ring (bicyclic) bond motifs is 1. The van der Waals surface area contributed by atoms with Gasteiger partial charge in [-0.2, -0.15) is 0 Å². The summed E-state index contributed by atoms with van der Waals surface area (Å²) >= 11 is 0. The molecule has 0 spiro atoms. The molecule has 1 atom stereocenters. The fourth-order valence-corrected chi connectivity index (χ4v) is 2.06. The second-order valence-corrected chi connectivity index (χ2v) is 5.21. The molecule has 1 radical (unpaired) electrons. The quantitative estimate of drug-likeness (QED) is 0.386. The summed E-state index contributed by atoms with van der Waals surface area (Å²) in [5, 5.41) is 15.3. The number of hydrogen-bond acceptors (Lipinski definition) is 3. The standard InChI is InChI=1S/C14H10NO.C5H10O2.Ir/c1-2-6-11(7-3-1)14-15-13-9-5-4-8-12(13)10-16-14;1-4(6)3-5(2)7;/h1-6,8-9H,10H2;3-4,6-7H,1-2H3;/q-1;;/p+1/b;5-3-;. The van der Waals surface area contributed by atoms with E-state index >= 15 is 0 Å². The number of allylic oxidation sites excluding steroid dienone is 1. The van der Waals surface area contributed by atoms with E-state index in [9.17, 15) is 0 Å². The summed E-state index contributed by atoms with van der Waals surface area (Å²) in [6, 6.07) is 18.8. The Morgan fingerprint density at radius 3 is 2.58 bits per heavy atom. The summed E-state index contributed by atoms with van der Waals surface area (Å²) in [5.41, 5.74) is 3.01. The summed E-state index contributed by atoms with van der Waals surface area (Å²) in [7, 11) is 0. The molecule has 0 aromatic heterocycles. The number of aliphatic hydroxyl groups excluding tert-OH is 1. The van der Waals surface area contributed by atoms with Crippen molar-refractivity contribution < 1.29 is 35.1 Å².